The zero-order chi connectivity index (χ0) is 13.4. The fourth-order valence-electron chi connectivity index (χ4n) is 1.68. The van der Waals surface area contributed by atoms with Gasteiger partial charge in [-0.25, -0.2) is 0 Å². The third-order valence-electron chi connectivity index (χ3n) is 2.93. The molecule has 0 amide bonds. The molecule has 108 valence electrons. The van der Waals surface area contributed by atoms with Gasteiger partial charge in [-0.15, -0.1) is 24.2 Å². The van der Waals surface area contributed by atoms with Crippen molar-refractivity contribution < 1.29 is 5.21 Å². The van der Waals surface area contributed by atoms with Gasteiger partial charge in [0.2, 0.25) is 0 Å². The van der Waals surface area contributed by atoms with Crippen molar-refractivity contribution in [2.75, 3.05) is 25.4 Å². The van der Waals surface area contributed by atoms with Gasteiger partial charge in [0.25, 0.3) is 0 Å². The molecule has 1 aromatic rings. The second-order valence-electron chi connectivity index (χ2n) is 4.15. The SMILES string of the molecule is CCN(CC)CCSC(=NO)c1ccc(C)cc1.Cl. The summed E-state index contributed by atoms with van der Waals surface area (Å²) in [7, 11) is 0. The predicted molar refractivity (Wildman–Crippen MR) is 87.0 cm³/mol. The molecule has 0 fully saturated rings. The smallest absolute Gasteiger partial charge is 0.143 e. The van der Waals surface area contributed by atoms with E-state index < -0.39 is 0 Å². The van der Waals surface area contributed by atoms with Gasteiger partial charge >= 0.3 is 0 Å². The van der Waals surface area contributed by atoms with Crippen molar-refractivity contribution in [2.24, 2.45) is 5.16 Å². The summed E-state index contributed by atoms with van der Waals surface area (Å²) >= 11 is 1.60. The van der Waals surface area contributed by atoms with Gasteiger partial charge in [-0.1, -0.05) is 48.8 Å². The monoisotopic (exact) mass is 302 g/mol. The van der Waals surface area contributed by atoms with E-state index in [9.17, 15) is 0 Å². The molecule has 0 bridgehead atoms. The van der Waals surface area contributed by atoms with E-state index in [2.05, 4.69) is 23.9 Å². The maximum absolute atomic E-state index is 9.08. The second kappa shape index (κ2) is 10.1. The summed E-state index contributed by atoms with van der Waals surface area (Å²) < 4.78 is 0. The molecule has 19 heavy (non-hydrogen) atoms. The number of thioether (sulfide) groups is 1. The maximum Gasteiger partial charge on any atom is 0.143 e. The minimum atomic E-state index is 0. The van der Waals surface area contributed by atoms with E-state index in [0.29, 0.717) is 5.04 Å². The Morgan fingerprint density at radius 1 is 1.21 bits per heavy atom. The molecule has 5 heteroatoms. The van der Waals surface area contributed by atoms with Crippen molar-refractivity contribution in [3.8, 4) is 0 Å². The van der Waals surface area contributed by atoms with Gasteiger partial charge < -0.3 is 10.1 Å². The molecular formula is C14H23ClN2OS. The summed E-state index contributed by atoms with van der Waals surface area (Å²) in [6.45, 7) is 9.51. The Morgan fingerprint density at radius 3 is 2.26 bits per heavy atom. The molecule has 1 N–H and O–H groups in total. The topological polar surface area (TPSA) is 35.8 Å². The van der Waals surface area contributed by atoms with Crippen LogP contribution in [-0.4, -0.2) is 40.5 Å². The fraction of sp³-hybridized carbons (Fsp3) is 0.500. The Hall–Kier alpha value is -0.710. The van der Waals surface area contributed by atoms with Crippen LogP contribution in [0.2, 0.25) is 0 Å². The van der Waals surface area contributed by atoms with Gasteiger partial charge in [0, 0.05) is 17.9 Å². The first-order chi connectivity index (χ1) is 8.71. The molecule has 1 rings (SSSR count). The summed E-state index contributed by atoms with van der Waals surface area (Å²) in [4.78, 5) is 2.36. The first kappa shape index (κ1) is 18.3. The van der Waals surface area contributed by atoms with Crippen molar-refractivity contribution in [2.45, 2.75) is 20.8 Å². The molecule has 0 aromatic heterocycles. The largest absolute Gasteiger partial charge is 0.410 e. The molecule has 0 radical (unpaired) electrons. The fourth-order valence-corrected chi connectivity index (χ4v) is 2.58. The molecule has 0 unspecified atom stereocenters. The van der Waals surface area contributed by atoms with Crippen LogP contribution in [-0.2, 0) is 0 Å². The molecule has 0 spiro atoms. The molecule has 0 aliphatic carbocycles. The lowest BCUT2D eigenvalue weighted by Gasteiger charge is -2.17. The van der Waals surface area contributed by atoms with Crippen LogP contribution in [0.3, 0.4) is 0 Å². The zero-order valence-corrected chi connectivity index (χ0v) is 13.4. The van der Waals surface area contributed by atoms with E-state index in [1.165, 1.54) is 5.56 Å². The maximum atomic E-state index is 9.08. The number of halogens is 1. The molecule has 1 aromatic carbocycles. The van der Waals surface area contributed by atoms with Crippen molar-refractivity contribution in [3.63, 3.8) is 0 Å². The average Bonchev–Trinajstić information content (AvgIpc) is 2.41. The molecule has 0 aliphatic rings. The first-order valence-corrected chi connectivity index (χ1v) is 7.34. The minimum absolute atomic E-state index is 0. The lowest BCUT2D eigenvalue weighted by Crippen LogP contribution is -2.25. The van der Waals surface area contributed by atoms with Crippen LogP contribution in [0, 0.1) is 6.92 Å². The number of oxime groups is 1. The molecule has 0 heterocycles. The highest BCUT2D eigenvalue weighted by atomic mass is 35.5. The average molecular weight is 303 g/mol. The molecule has 0 atom stereocenters. The molecule has 0 aliphatic heterocycles. The Kier molecular flexibility index (Phi) is 9.74. The van der Waals surface area contributed by atoms with E-state index in [1.807, 2.05) is 31.2 Å². The summed E-state index contributed by atoms with van der Waals surface area (Å²) in [5.74, 6) is 0.939. The van der Waals surface area contributed by atoms with Crippen LogP contribution in [0.5, 0.6) is 0 Å². The van der Waals surface area contributed by atoms with Crippen LogP contribution in [0.1, 0.15) is 25.0 Å². The van der Waals surface area contributed by atoms with E-state index in [0.717, 1.165) is 31.0 Å². The summed E-state index contributed by atoms with van der Waals surface area (Å²) in [6.07, 6.45) is 0. The van der Waals surface area contributed by atoms with Gasteiger partial charge in [-0.3, -0.25) is 0 Å². The van der Waals surface area contributed by atoms with Gasteiger partial charge in [0.15, 0.2) is 0 Å². The molecule has 3 nitrogen and oxygen atoms in total. The van der Waals surface area contributed by atoms with Crippen molar-refractivity contribution >= 4 is 29.2 Å². The van der Waals surface area contributed by atoms with Crippen LogP contribution < -0.4 is 0 Å². The summed E-state index contributed by atoms with van der Waals surface area (Å²) in [6, 6.07) is 8.06. The highest BCUT2D eigenvalue weighted by molar-refractivity contribution is 8.14. The Labute approximate surface area is 126 Å². The first-order valence-electron chi connectivity index (χ1n) is 6.35. The number of nitrogens with zero attached hydrogens (tertiary/aromatic N) is 2. The van der Waals surface area contributed by atoms with Crippen molar-refractivity contribution in [1.29, 1.82) is 0 Å². The van der Waals surface area contributed by atoms with Gasteiger partial charge in [-0.2, -0.15) is 0 Å². The highest BCUT2D eigenvalue weighted by Gasteiger charge is 2.06. The Bertz CT molecular complexity index is 378. The van der Waals surface area contributed by atoms with E-state index in [-0.39, 0.29) is 12.4 Å². The van der Waals surface area contributed by atoms with Crippen LogP contribution in [0.25, 0.3) is 0 Å². The lowest BCUT2D eigenvalue weighted by molar-refractivity contribution is 0.320. The molecule has 0 saturated heterocycles. The number of rotatable bonds is 6. The number of benzene rings is 1. The predicted octanol–water partition coefficient (Wildman–Crippen LogP) is 3.63. The number of hydrogen-bond donors (Lipinski definition) is 1. The Morgan fingerprint density at radius 2 is 1.79 bits per heavy atom. The van der Waals surface area contributed by atoms with E-state index in [1.54, 1.807) is 11.8 Å². The van der Waals surface area contributed by atoms with Crippen molar-refractivity contribution in [1.82, 2.24) is 4.90 Å². The Balaban J connectivity index is 0.00000324. The molecular weight excluding hydrogens is 280 g/mol. The second-order valence-corrected chi connectivity index (χ2v) is 5.23. The van der Waals surface area contributed by atoms with E-state index in [4.69, 9.17) is 5.21 Å². The quantitative estimate of drug-likeness (QED) is 0.377. The zero-order valence-electron chi connectivity index (χ0n) is 11.8. The minimum Gasteiger partial charge on any atom is -0.410 e. The van der Waals surface area contributed by atoms with E-state index >= 15 is 0 Å². The lowest BCUT2D eigenvalue weighted by atomic mass is 10.2. The normalized spacial score (nSPS) is 11.5. The number of hydrogen-bond acceptors (Lipinski definition) is 4. The number of aryl methyl sites for hydroxylation is 1. The summed E-state index contributed by atoms with van der Waals surface area (Å²) in [5, 5.41) is 13.2. The third-order valence-corrected chi connectivity index (χ3v) is 3.91. The van der Waals surface area contributed by atoms with Gasteiger partial charge in [0.1, 0.15) is 5.04 Å². The van der Waals surface area contributed by atoms with Crippen LogP contribution in [0.15, 0.2) is 29.4 Å². The van der Waals surface area contributed by atoms with Crippen LogP contribution in [0.4, 0.5) is 0 Å². The van der Waals surface area contributed by atoms with Gasteiger partial charge in [-0.05, 0) is 20.0 Å². The van der Waals surface area contributed by atoms with Crippen molar-refractivity contribution in [3.05, 3.63) is 35.4 Å². The third kappa shape index (κ3) is 6.32. The standard InChI is InChI=1S/C14H22N2OS.ClH/c1-4-16(5-2)10-11-18-14(15-17)13-8-6-12(3)7-9-13;/h6-9,17H,4-5,10-11H2,1-3H3;1H. The van der Waals surface area contributed by atoms with Crippen LogP contribution >= 0.6 is 24.2 Å². The molecule has 0 saturated carbocycles. The van der Waals surface area contributed by atoms with Gasteiger partial charge in [0.05, 0.1) is 0 Å². The highest BCUT2D eigenvalue weighted by Crippen LogP contribution is 2.14. The summed E-state index contributed by atoms with van der Waals surface area (Å²) in [5.41, 5.74) is 2.19.